The van der Waals surface area contributed by atoms with Crippen molar-refractivity contribution in [3.8, 4) is 0 Å². The first-order valence-electron chi connectivity index (χ1n) is 4.14. The van der Waals surface area contributed by atoms with Crippen molar-refractivity contribution < 1.29 is 4.79 Å². The van der Waals surface area contributed by atoms with E-state index in [9.17, 15) is 4.79 Å². The van der Waals surface area contributed by atoms with Crippen LogP contribution in [-0.4, -0.2) is 11.9 Å². The normalized spacial score (nSPS) is 24.4. The van der Waals surface area contributed by atoms with Crippen LogP contribution in [0.1, 0.15) is 32.1 Å². The summed E-state index contributed by atoms with van der Waals surface area (Å²) in [6.45, 7) is 0. The minimum atomic E-state index is 0.282. The number of hydrogen-bond acceptors (Lipinski definition) is 1. The lowest BCUT2D eigenvalue weighted by atomic mass is 10.3. The summed E-state index contributed by atoms with van der Waals surface area (Å²) >= 11 is 0. The van der Waals surface area contributed by atoms with Crippen LogP contribution < -0.4 is 5.32 Å². The minimum Gasteiger partial charge on any atom is -0.353 e. The quantitative estimate of drug-likeness (QED) is 0.622. The lowest BCUT2D eigenvalue weighted by Crippen LogP contribution is -2.25. The molecule has 0 saturated heterocycles. The third-order valence-corrected chi connectivity index (χ3v) is 2.11. The highest BCUT2D eigenvalue weighted by molar-refractivity contribution is 5.77. The SMILES string of the molecule is O=C(CC1CC1)NC1CC1. The highest BCUT2D eigenvalue weighted by atomic mass is 16.1. The minimum absolute atomic E-state index is 0.282. The maximum absolute atomic E-state index is 11.0. The summed E-state index contributed by atoms with van der Waals surface area (Å²) in [4.78, 5) is 11.0. The van der Waals surface area contributed by atoms with E-state index >= 15 is 0 Å². The molecular weight excluding hydrogens is 126 g/mol. The van der Waals surface area contributed by atoms with Gasteiger partial charge in [0.25, 0.3) is 0 Å². The van der Waals surface area contributed by atoms with Crippen molar-refractivity contribution in [2.75, 3.05) is 0 Å². The van der Waals surface area contributed by atoms with Gasteiger partial charge in [0.1, 0.15) is 0 Å². The predicted molar refractivity (Wildman–Crippen MR) is 38.5 cm³/mol. The molecule has 1 N–H and O–H groups in total. The topological polar surface area (TPSA) is 29.1 Å². The van der Waals surface area contributed by atoms with Gasteiger partial charge in [-0.2, -0.15) is 0 Å². The zero-order chi connectivity index (χ0) is 6.97. The average Bonchev–Trinajstić information content (AvgIpc) is 2.59. The molecule has 10 heavy (non-hydrogen) atoms. The standard InChI is InChI=1S/C8H13NO/c10-8(5-6-1-2-6)9-7-3-4-7/h6-7H,1-5H2,(H,9,10). The lowest BCUT2D eigenvalue weighted by Gasteiger charge is -1.99. The molecule has 0 aliphatic heterocycles. The largest absolute Gasteiger partial charge is 0.353 e. The van der Waals surface area contributed by atoms with E-state index in [1.165, 1.54) is 25.7 Å². The van der Waals surface area contributed by atoms with Gasteiger partial charge in [-0.15, -0.1) is 0 Å². The fraction of sp³-hybridized carbons (Fsp3) is 0.875. The van der Waals surface area contributed by atoms with E-state index in [4.69, 9.17) is 0 Å². The Morgan fingerprint density at radius 2 is 2.00 bits per heavy atom. The summed E-state index contributed by atoms with van der Waals surface area (Å²) in [5.74, 6) is 1.02. The van der Waals surface area contributed by atoms with Crippen molar-refractivity contribution in [3.63, 3.8) is 0 Å². The molecule has 2 nitrogen and oxygen atoms in total. The van der Waals surface area contributed by atoms with Gasteiger partial charge < -0.3 is 5.32 Å². The van der Waals surface area contributed by atoms with Crippen molar-refractivity contribution in [3.05, 3.63) is 0 Å². The Hall–Kier alpha value is -0.530. The van der Waals surface area contributed by atoms with Gasteiger partial charge >= 0.3 is 0 Å². The highest BCUT2D eigenvalue weighted by Gasteiger charge is 2.28. The molecule has 1 amide bonds. The van der Waals surface area contributed by atoms with E-state index in [0.29, 0.717) is 6.04 Å². The van der Waals surface area contributed by atoms with E-state index in [2.05, 4.69) is 5.32 Å². The van der Waals surface area contributed by atoms with Crippen molar-refractivity contribution in [2.24, 2.45) is 5.92 Å². The van der Waals surface area contributed by atoms with Crippen LogP contribution in [-0.2, 0) is 4.79 Å². The van der Waals surface area contributed by atoms with E-state index in [1.54, 1.807) is 0 Å². The van der Waals surface area contributed by atoms with E-state index in [0.717, 1.165) is 12.3 Å². The van der Waals surface area contributed by atoms with E-state index < -0.39 is 0 Å². The number of carbonyl (C=O) groups is 1. The molecule has 0 radical (unpaired) electrons. The molecule has 2 aliphatic carbocycles. The maximum Gasteiger partial charge on any atom is 0.220 e. The van der Waals surface area contributed by atoms with Gasteiger partial charge in [-0.05, 0) is 31.6 Å². The second-order valence-corrected chi connectivity index (χ2v) is 3.49. The molecule has 2 aliphatic rings. The zero-order valence-corrected chi connectivity index (χ0v) is 6.10. The maximum atomic E-state index is 11.0. The van der Waals surface area contributed by atoms with Crippen molar-refractivity contribution >= 4 is 5.91 Å². The molecule has 56 valence electrons. The fourth-order valence-electron chi connectivity index (χ4n) is 1.10. The van der Waals surface area contributed by atoms with E-state index in [1.807, 2.05) is 0 Å². The molecule has 0 spiro atoms. The second kappa shape index (κ2) is 2.26. The molecule has 2 fully saturated rings. The van der Waals surface area contributed by atoms with Gasteiger partial charge in [-0.25, -0.2) is 0 Å². The van der Waals surface area contributed by atoms with Crippen molar-refractivity contribution in [1.29, 1.82) is 0 Å². The highest BCUT2D eigenvalue weighted by Crippen LogP contribution is 2.32. The molecule has 2 rings (SSSR count). The first kappa shape index (κ1) is 6.20. The van der Waals surface area contributed by atoms with Gasteiger partial charge in [0, 0.05) is 12.5 Å². The monoisotopic (exact) mass is 139 g/mol. The third kappa shape index (κ3) is 1.72. The molecular formula is C8H13NO. The molecule has 0 aromatic heterocycles. The van der Waals surface area contributed by atoms with Crippen LogP contribution in [0.3, 0.4) is 0 Å². The van der Waals surface area contributed by atoms with Crippen LogP contribution in [0.2, 0.25) is 0 Å². The molecule has 0 aromatic carbocycles. The number of nitrogens with one attached hydrogen (secondary N) is 1. The first-order chi connectivity index (χ1) is 4.84. The summed E-state index contributed by atoms with van der Waals surface area (Å²) in [7, 11) is 0. The predicted octanol–water partition coefficient (Wildman–Crippen LogP) is 1.07. The fourth-order valence-corrected chi connectivity index (χ4v) is 1.10. The third-order valence-electron chi connectivity index (χ3n) is 2.11. The van der Waals surface area contributed by atoms with Crippen LogP contribution in [0.4, 0.5) is 0 Å². The molecule has 0 bridgehead atoms. The summed E-state index contributed by atoms with van der Waals surface area (Å²) < 4.78 is 0. The molecule has 0 aromatic rings. The van der Waals surface area contributed by atoms with Gasteiger partial charge in [0.05, 0.1) is 0 Å². The second-order valence-electron chi connectivity index (χ2n) is 3.49. The molecule has 0 heterocycles. The van der Waals surface area contributed by atoms with Crippen LogP contribution >= 0.6 is 0 Å². The van der Waals surface area contributed by atoms with Gasteiger partial charge in [0.15, 0.2) is 0 Å². The molecule has 2 saturated carbocycles. The number of amides is 1. The summed E-state index contributed by atoms with van der Waals surface area (Å²) in [5.41, 5.74) is 0. The Kier molecular flexibility index (Phi) is 1.40. The zero-order valence-electron chi connectivity index (χ0n) is 6.10. The summed E-state index contributed by atoms with van der Waals surface area (Å²) in [6.07, 6.45) is 5.75. The summed E-state index contributed by atoms with van der Waals surface area (Å²) in [6, 6.07) is 0.547. The van der Waals surface area contributed by atoms with Crippen LogP contribution in [0.15, 0.2) is 0 Å². The smallest absolute Gasteiger partial charge is 0.220 e. The Morgan fingerprint density at radius 1 is 1.30 bits per heavy atom. The summed E-state index contributed by atoms with van der Waals surface area (Å²) in [5, 5.41) is 2.99. The van der Waals surface area contributed by atoms with Crippen LogP contribution in [0.5, 0.6) is 0 Å². The Morgan fingerprint density at radius 3 is 2.50 bits per heavy atom. The number of rotatable bonds is 3. The van der Waals surface area contributed by atoms with Gasteiger partial charge in [0.2, 0.25) is 5.91 Å². The molecule has 2 heteroatoms. The van der Waals surface area contributed by atoms with Crippen LogP contribution in [0, 0.1) is 5.92 Å². The van der Waals surface area contributed by atoms with E-state index in [-0.39, 0.29) is 5.91 Å². The Labute approximate surface area is 61.0 Å². The lowest BCUT2D eigenvalue weighted by molar-refractivity contribution is -0.121. The Balaban J connectivity index is 1.64. The molecule has 0 unspecified atom stereocenters. The average molecular weight is 139 g/mol. The van der Waals surface area contributed by atoms with Gasteiger partial charge in [-0.1, -0.05) is 0 Å². The number of carbonyl (C=O) groups excluding carboxylic acids is 1. The van der Waals surface area contributed by atoms with Crippen LogP contribution in [0.25, 0.3) is 0 Å². The molecule has 0 atom stereocenters. The van der Waals surface area contributed by atoms with Crippen molar-refractivity contribution in [1.82, 2.24) is 5.32 Å². The Bertz CT molecular complexity index is 131. The van der Waals surface area contributed by atoms with Gasteiger partial charge in [-0.3, -0.25) is 4.79 Å². The first-order valence-corrected chi connectivity index (χ1v) is 4.14. The number of hydrogen-bond donors (Lipinski definition) is 1. The van der Waals surface area contributed by atoms with Crippen molar-refractivity contribution in [2.45, 2.75) is 38.1 Å².